The van der Waals surface area contributed by atoms with Crippen LogP contribution in [0.25, 0.3) is 0 Å². The number of carboxylic acid groups (broad SMARTS) is 1. The molecule has 0 fully saturated rings. The maximum absolute atomic E-state index is 10.8. The zero-order valence-electron chi connectivity index (χ0n) is 10.1. The lowest BCUT2D eigenvalue weighted by Crippen LogP contribution is -2.11. The minimum atomic E-state index is -1.32. The van der Waals surface area contributed by atoms with Crippen molar-refractivity contribution in [3.05, 3.63) is 35.4 Å². The number of carbonyl (C=O) groups is 2. The molecule has 0 atom stereocenters. The Labute approximate surface area is 101 Å². The molecule has 0 aromatic heterocycles. The van der Waals surface area contributed by atoms with E-state index < -0.39 is 11.8 Å². The summed E-state index contributed by atoms with van der Waals surface area (Å²) in [6, 6.07) is 8.39. The van der Waals surface area contributed by atoms with E-state index >= 15 is 0 Å². The highest BCUT2D eigenvalue weighted by molar-refractivity contribution is 6.32. The molecule has 0 aliphatic heterocycles. The molecule has 3 heteroatoms. The fraction of sp³-hybridized carbons (Fsp3) is 0.429. The zero-order valence-corrected chi connectivity index (χ0v) is 10.1. The van der Waals surface area contributed by atoms with Gasteiger partial charge < -0.3 is 5.11 Å². The summed E-state index contributed by atoms with van der Waals surface area (Å²) in [6.07, 6.45) is 3.70. The number of benzene rings is 1. The van der Waals surface area contributed by atoms with Crippen molar-refractivity contribution in [2.75, 3.05) is 0 Å². The van der Waals surface area contributed by atoms with Crippen LogP contribution in [0.3, 0.4) is 0 Å². The molecule has 0 radical (unpaired) electrons. The van der Waals surface area contributed by atoms with Crippen LogP contribution in [0.1, 0.15) is 36.8 Å². The van der Waals surface area contributed by atoms with Crippen molar-refractivity contribution >= 4 is 11.8 Å². The van der Waals surface area contributed by atoms with Gasteiger partial charge in [0.15, 0.2) is 0 Å². The standard InChI is InChI=1S/C14H18O3/c1-11-7-9-12(10-8-11)5-3-2-4-6-13(15)14(16)17/h7-10H,2-6H2,1H3,(H,16,17). The molecule has 0 unspecified atom stereocenters. The topological polar surface area (TPSA) is 54.4 Å². The third-order valence-electron chi connectivity index (χ3n) is 2.73. The van der Waals surface area contributed by atoms with Gasteiger partial charge in [0.1, 0.15) is 0 Å². The van der Waals surface area contributed by atoms with E-state index in [1.807, 2.05) is 0 Å². The van der Waals surface area contributed by atoms with Gasteiger partial charge in [-0.3, -0.25) is 4.79 Å². The monoisotopic (exact) mass is 234 g/mol. The largest absolute Gasteiger partial charge is 0.476 e. The van der Waals surface area contributed by atoms with Gasteiger partial charge in [0.2, 0.25) is 5.78 Å². The maximum atomic E-state index is 10.8. The second-order valence-electron chi connectivity index (χ2n) is 4.27. The first-order chi connectivity index (χ1) is 8.09. The molecule has 17 heavy (non-hydrogen) atoms. The summed E-state index contributed by atoms with van der Waals surface area (Å²) in [7, 11) is 0. The van der Waals surface area contributed by atoms with Crippen LogP contribution in [0.15, 0.2) is 24.3 Å². The first-order valence-electron chi connectivity index (χ1n) is 5.91. The highest BCUT2D eigenvalue weighted by atomic mass is 16.4. The molecule has 0 aliphatic rings. The Morgan fingerprint density at radius 3 is 2.29 bits per heavy atom. The van der Waals surface area contributed by atoms with Gasteiger partial charge in [0.25, 0.3) is 0 Å². The molecule has 0 aliphatic carbocycles. The quantitative estimate of drug-likeness (QED) is 0.583. The van der Waals surface area contributed by atoms with Crippen LogP contribution in [-0.4, -0.2) is 16.9 Å². The van der Waals surface area contributed by atoms with Crippen molar-refractivity contribution < 1.29 is 14.7 Å². The predicted molar refractivity (Wildman–Crippen MR) is 66.0 cm³/mol. The van der Waals surface area contributed by atoms with Crippen LogP contribution in [-0.2, 0) is 16.0 Å². The predicted octanol–water partition coefficient (Wildman–Crippen LogP) is 2.75. The Hall–Kier alpha value is -1.64. The summed E-state index contributed by atoms with van der Waals surface area (Å²) in [5.74, 6) is -2.00. The van der Waals surface area contributed by atoms with Gasteiger partial charge in [-0.05, 0) is 31.7 Å². The molecule has 92 valence electrons. The molecule has 1 rings (SSSR count). The maximum Gasteiger partial charge on any atom is 0.372 e. The lowest BCUT2D eigenvalue weighted by Gasteiger charge is -2.01. The molecule has 1 aromatic rings. The van der Waals surface area contributed by atoms with Crippen LogP contribution in [0, 0.1) is 6.92 Å². The minimum Gasteiger partial charge on any atom is -0.476 e. The van der Waals surface area contributed by atoms with Gasteiger partial charge in [0.05, 0.1) is 0 Å². The summed E-state index contributed by atoms with van der Waals surface area (Å²) in [5, 5.41) is 8.39. The Bertz CT molecular complexity index is 379. The normalized spacial score (nSPS) is 10.2. The molecular weight excluding hydrogens is 216 g/mol. The van der Waals surface area contributed by atoms with Gasteiger partial charge in [-0.25, -0.2) is 4.79 Å². The smallest absolute Gasteiger partial charge is 0.372 e. The van der Waals surface area contributed by atoms with Gasteiger partial charge in [-0.1, -0.05) is 36.2 Å². The third kappa shape index (κ3) is 5.29. The molecule has 0 bridgehead atoms. The Kier molecular flexibility index (Phi) is 5.40. The Morgan fingerprint density at radius 1 is 1.06 bits per heavy atom. The van der Waals surface area contributed by atoms with Crippen LogP contribution in [0.4, 0.5) is 0 Å². The first kappa shape index (κ1) is 13.4. The van der Waals surface area contributed by atoms with Crippen LogP contribution >= 0.6 is 0 Å². The summed E-state index contributed by atoms with van der Waals surface area (Å²) < 4.78 is 0. The van der Waals surface area contributed by atoms with Gasteiger partial charge >= 0.3 is 5.97 Å². The fourth-order valence-electron chi connectivity index (χ4n) is 1.65. The summed E-state index contributed by atoms with van der Waals surface area (Å²) in [5.41, 5.74) is 2.54. The van der Waals surface area contributed by atoms with Gasteiger partial charge in [-0.2, -0.15) is 0 Å². The number of carboxylic acids is 1. The van der Waals surface area contributed by atoms with Gasteiger partial charge in [-0.15, -0.1) is 0 Å². The molecule has 0 saturated heterocycles. The molecule has 0 heterocycles. The highest BCUT2D eigenvalue weighted by Gasteiger charge is 2.09. The van der Waals surface area contributed by atoms with E-state index in [0.29, 0.717) is 6.42 Å². The molecule has 0 amide bonds. The van der Waals surface area contributed by atoms with Crippen molar-refractivity contribution in [2.45, 2.75) is 39.0 Å². The van der Waals surface area contributed by atoms with E-state index in [9.17, 15) is 9.59 Å². The Morgan fingerprint density at radius 2 is 1.71 bits per heavy atom. The Balaban J connectivity index is 2.14. The van der Waals surface area contributed by atoms with Gasteiger partial charge in [0, 0.05) is 6.42 Å². The number of rotatable bonds is 7. The lowest BCUT2D eigenvalue weighted by atomic mass is 10.0. The number of aliphatic carboxylic acids is 1. The molecule has 3 nitrogen and oxygen atoms in total. The average molecular weight is 234 g/mol. The second-order valence-corrected chi connectivity index (χ2v) is 4.27. The van der Waals surface area contributed by atoms with Crippen LogP contribution < -0.4 is 0 Å². The van der Waals surface area contributed by atoms with Crippen molar-refractivity contribution in [2.24, 2.45) is 0 Å². The summed E-state index contributed by atoms with van der Waals surface area (Å²) in [6.45, 7) is 2.06. The summed E-state index contributed by atoms with van der Waals surface area (Å²) in [4.78, 5) is 21.1. The number of aryl methyl sites for hydroxylation is 2. The summed E-state index contributed by atoms with van der Waals surface area (Å²) >= 11 is 0. The first-order valence-corrected chi connectivity index (χ1v) is 5.91. The number of unbranched alkanes of at least 4 members (excludes halogenated alkanes) is 2. The van der Waals surface area contributed by atoms with E-state index in [2.05, 4.69) is 31.2 Å². The number of carbonyl (C=O) groups excluding carboxylic acids is 1. The highest BCUT2D eigenvalue weighted by Crippen LogP contribution is 2.09. The van der Waals surface area contributed by atoms with Crippen molar-refractivity contribution in [3.8, 4) is 0 Å². The van der Waals surface area contributed by atoms with Crippen molar-refractivity contribution in [3.63, 3.8) is 0 Å². The lowest BCUT2D eigenvalue weighted by molar-refractivity contribution is -0.149. The van der Waals surface area contributed by atoms with E-state index in [1.54, 1.807) is 0 Å². The number of ketones is 1. The number of hydrogen-bond acceptors (Lipinski definition) is 2. The number of hydrogen-bond donors (Lipinski definition) is 1. The molecular formula is C14H18O3. The van der Waals surface area contributed by atoms with Crippen LogP contribution in [0.2, 0.25) is 0 Å². The molecule has 1 N–H and O–H groups in total. The van der Waals surface area contributed by atoms with E-state index in [0.717, 1.165) is 19.3 Å². The third-order valence-corrected chi connectivity index (χ3v) is 2.73. The number of Topliss-reactive ketones (excluding diaryl/α,β-unsaturated/α-hetero) is 1. The molecule has 0 spiro atoms. The minimum absolute atomic E-state index is 0.156. The van der Waals surface area contributed by atoms with Crippen molar-refractivity contribution in [1.29, 1.82) is 0 Å². The van der Waals surface area contributed by atoms with Crippen molar-refractivity contribution in [1.82, 2.24) is 0 Å². The SMILES string of the molecule is Cc1ccc(CCCCCC(=O)C(=O)O)cc1. The average Bonchev–Trinajstić information content (AvgIpc) is 2.30. The van der Waals surface area contributed by atoms with E-state index in [4.69, 9.17) is 5.11 Å². The van der Waals surface area contributed by atoms with Crippen LogP contribution in [0.5, 0.6) is 0 Å². The second kappa shape index (κ2) is 6.84. The van der Waals surface area contributed by atoms with E-state index in [1.165, 1.54) is 11.1 Å². The fourth-order valence-corrected chi connectivity index (χ4v) is 1.65. The van der Waals surface area contributed by atoms with E-state index in [-0.39, 0.29) is 6.42 Å². The zero-order chi connectivity index (χ0) is 12.7. The molecule has 1 aromatic carbocycles. The molecule has 0 saturated carbocycles.